The second kappa shape index (κ2) is 7.32. The van der Waals surface area contributed by atoms with Gasteiger partial charge in [0.25, 0.3) is 5.91 Å². The maximum absolute atomic E-state index is 12.1. The molecule has 0 radical (unpaired) electrons. The van der Waals surface area contributed by atoms with E-state index in [1.165, 1.54) is 11.8 Å². The molecular formula is C20H18N2OS. The third-order valence-corrected chi connectivity index (χ3v) is 4.45. The van der Waals surface area contributed by atoms with Gasteiger partial charge in [-0.15, -0.1) is 0 Å². The van der Waals surface area contributed by atoms with Gasteiger partial charge in [-0.25, -0.2) is 4.99 Å². The molecule has 0 aromatic heterocycles. The summed E-state index contributed by atoms with van der Waals surface area (Å²) in [7, 11) is 0. The number of allylic oxidation sites excluding steroid dienone is 2. The fourth-order valence-corrected chi connectivity index (χ4v) is 3.22. The maximum Gasteiger partial charge on any atom is 0.264 e. The molecule has 4 heteroatoms. The molecule has 1 saturated heterocycles. The Kier molecular flexibility index (Phi) is 4.96. The first-order chi connectivity index (χ1) is 11.6. The fraction of sp³-hybridized carbons (Fsp3) is 0.100. The average molecular weight is 334 g/mol. The highest BCUT2D eigenvalue weighted by atomic mass is 32.2. The first-order valence-electron chi connectivity index (χ1n) is 7.70. The maximum atomic E-state index is 12.1. The number of para-hydroxylation sites is 1. The molecule has 2 aromatic carbocycles. The van der Waals surface area contributed by atoms with Crippen molar-refractivity contribution in [3.8, 4) is 0 Å². The van der Waals surface area contributed by atoms with E-state index >= 15 is 0 Å². The summed E-state index contributed by atoms with van der Waals surface area (Å²) in [4.78, 5) is 17.3. The number of carbonyl (C=O) groups is 1. The van der Waals surface area contributed by atoms with E-state index in [1.807, 2.05) is 74.5 Å². The average Bonchev–Trinajstić information content (AvgIpc) is 2.90. The minimum Gasteiger partial charge on any atom is -0.300 e. The molecule has 3 rings (SSSR count). The summed E-state index contributed by atoms with van der Waals surface area (Å²) in [6, 6.07) is 17.9. The van der Waals surface area contributed by atoms with Gasteiger partial charge < -0.3 is 5.32 Å². The standard InChI is InChI=1S/C20H18N2OS/c1-14(12-16-9-4-3-5-10-16)13-18-19(23)22-20(24-18)21-17-11-7-6-8-15(17)2/h3-13H,1-2H3,(H,21,22,23). The molecule has 0 atom stereocenters. The van der Waals surface area contributed by atoms with Gasteiger partial charge >= 0.3 is 0 Å². The number of carbonyl (C=O) groups excluding carboxylic acids is 1. The van der Waals surface area contributed by atoms with E-state index in [-0.39, 0.29) is 5.91 Å². The summed E-state index contributed by atoms with van der Waals surface area (Å²) >= 11 is 1.37. The van der Waals surface area contributed by atoms with Crippen LogP contribution in [-0.2, 0) is 4.79 Å². The zero-order chi connectivity index (χ0) is 16.9. The van der Waals surface area contributed by atoms with Gasteiger partial charge in [-0.3, -0.25) is 4.79 Å². The Bertz CT molecular complexity index is 851. The molecule has 0 spiro atoms. The van der Waals surface area contributed by atoms with Crippen LogP contribution in [-0.4, -0.2) is 11.1 Å². The number of hydrogen-bond acceptors (Lipinski definition) is 3. The SMILES string of the molecule is CC(=Cc1ccccc1)C=C1SC(=Nc2ccccc2C)NC1=O. The van der Waals surface area contributed by atoms with Crippen LogP contribution in [0.15, 0.2) is 76.1 Å². The van der Waals surface area contributed by atoms with Crippen LogP contribution >= 0.6 is 11.8 Å². The number of nitrogens with one attached hydrogen (secondary N) is 1. The molecule has 3 nitrogen and oxygen atoms in total. The van der Waals surface area contributed by atoms with Crippen molar-refractivity contribution in [2.75, 3.05) is 0 Å². The molecule has 1 N–H and O–H groups in total. The van der Waals surface area contributed by atoms with Crippen molar-refractivity contribution in [2.45, 2.75) is 13.8 Å². The van der Waals surface area contributed by atoms with Crippen molar-refractivity contribution in [1.82, 2.24) is 5.32 Å². The van der Waals surface area contributed by atoms with Gasteiger partial charge in [0.15, 0.2) is 5.17 Å². The summed E-state index contributed by atoms with van der Waals surface area (Å²) in [6.07, 6.45) is 3.95. The van der Waals surface area contributed by atoms with Gasteiger partial charge in [0.2, 0.25) is 0 Å². The summed E-state index contributed by atoms with van der Waals surface area (Å²) in [6.45, 7) is 3.99. The monoisotopic (exact) mass is 334 g/mol. The lowest BCUT2D eigenvalue weighted by Gasteiger charge is -1.99. The quantitative estimate of drug-likeness (QED) is 0.817. The molecule has 1 fully saturated rings. The van der Waals surface area contributed by atoms with Crippen molar-refractivity contribution < 1.29 is 4.79 Å². The molecule has 24 heavy (non-hydrogen) atoms. The minimum absolute atomic E-state index is 0.104. The Morgan fingerprint density at radius 1 is 1.08 bits per heavy atom. The molecule has 0 aliphatic carbocycles. The minimum atomic E-state index is -0.104. The lowest BCUT2D eigenvalue weighted by atomic mass is 10.1. The second-order valence-electron chi connectivity index (χ2n) is 5.57. The predicted molar refractivity (Wildman–Crippen MR) is 102 cm³/mol. The summed E-state index contributed by atoms with van der Waals surface area (Å²) in [5.74, 6) is -0.104. The zero-order valence-corrected chi connectivity index (χ0v) is 14.4. The number of amides is 1. The van der Waals surface area contributed by atoms with Crippen LogP contribution in [0.3, 0.4) is 0 Å². The predicted octanol–water partition coefficient (Wildman–Crippen LogP) is 4.83. The normalized spacial score (nSPS) is 18.2. The Labute approximate surface area is 146 Å². The number of rotatable bonds is 3. The van der Waals surface area contributed by atoms with E-state index in [4.69, 9.17) is 0 Å². The third-order valence-electron chi connectivity index (χ3n) is 3.54. The van der Waals surface area contributed by atoms with E-state index in [1.54, 1.807) is 0 Å². The molecule has 120 valence electrons. The largest absolute Gasteiger partial charge is 0.300 e. The van der Waals surface area contributed by atoms with Crippen molar-refractivity contribution in [3.63, 3.8) is 0 Å². The molecule has 1 amide bonds. The molecule has 1 heterocycles. The molecule has 1 aliphatic rings. The van der Waals surface area contributed by atoms with Gasteiger partial charge in [-0.1, -0.05) is 54.6 Å². The van der Waals surface area contributed by atoms with E-state index in [0.29, 0.717) is 10.1 Å². The van der Waals surface area contributed by atoms with Crippen molar-refractivity contribution in [2.24, 2.45) is 4.99 Å². The number of amidine groups is 1. The molecular weight excluding hydrogens is 316 g/mol. The number of thioether (sulfide) groups is 1. The van der Waals surface area contributed by atoms with Gasteiger partial charge in [-0.2, -0.15) is 0 Å². The highest BCUT2D eigenvalue weighted by Gasteiger charge is 2.23. The number of aryl methyl sites for hydroxylation is 1. The van der Waals surface area contributed by atoms with Gasteiger partial charge in [0.05, 0.1) is 10.6 Å². The van der Waals surface area contributed by atoms with Crippen molar-refractivity contribution in [1.29, 1.82) is 0 Å². The van der Waals surface area contributed by atoms with E-state index < -0.39 is 0 Å². The summed E-state index contributed by atoms with van der Waals surface area (Å²) in [5.41, 5.74) is 4.09. The van der Waals surface area contributed by atoms with Crippen LogP contribution in [0.1, 0.15) is 18.1 Å². The highest BCUT2D eigenvalue weighted by molar-refractivity contribution is 8.18. The number of benzene rings is 2. The third kappa shape index (κ3) is 4.03. The fourth-order valence-electron chi connectivity index (χ4n) is 2.34. The van der Waals surface area contributed by atoms with Gasteiger partial charge in [0.1, 0.15) is 0 Å². The van der Waals surface area contributed by atoms with Crippen LogP contribution < -0.4 is 5.32 Å². The smallest absolute Gasteiger partial charge is 0.264 e. The zero-order valence-electron chi connectivity index (χ0n) is 13.6. The summed E-state index contributed by atoms with van der Waals surface area (Å²) < 4.78 is 0. The van der Waals surface area contributed by atoms with Crippen LogP contribution in [0.4, 0.5) is 5.69 Å². The van der Waals surface area contributed by atoms with Crippen LogP contribution in [0.5, 0.6) is 0 Å². The molecule has 2 aromatic rings. The topological polar surface area (TPSA) is 41.5 Å². The summed E-state index contributed by atoms with van der Waals surface area (Å²) in [5, 5.41) is 3.45. The van der Waals surface area contributed by atoms with Gasteiger partial charge in [-0.05, 0) is 54.5 Å². The van der Waals surface area contributed by atoms with Crippen LogP contribution in [0.2, 0.25) is 0 Å². The Morgan fingerprint density at radius 2 is 1.79 bits per heavy atom. The van der Waals surface area contributed by atoms with Crippen molar-refractivity contribution in [3.05, 3.63) is 82.3 Å². The lowest BCUT2D eigenvalue weighted by molar-refractivity contribution is -0.115. The molecule has 0 unspecified atom stereocenters. The highest BCUT2D eigenvalue weighted by Crippen LogP contribution is 2.28. The van der Waals surface area contributed by atoms with E-state index in [0.717, 1.165) is 22.4 Å². The first kappa shape index (κ1) is 16.3. The lowest BCUT2D eigenvalue weighted by Crippen LogP contribution is -2.19. The molecule has 0 saturated carbocycles. The number of nitrogens with zero attached hydrogens (tertiary/aromatic N) is 1. The van der Waals surface area contributed by atoms with Gasteiger partial charge in [0, 0.05) is 0 Å². The Balaban J connectivity index is 1.80. The first-order valence-corrected chi connectivity index (χ1v) is 8.52. The van der Waals surface area contributed by atoms with E-state index in [9.17, 15) is 4.79 Å². The second-order valence-corrected chi connectivity index (χ2v) is 6.60. The Morgan fingerprint density at radius 3 is 2.54 bits per heavy atom. The molecule has 0 bridgehead atoms. The van der Waals surface area contributed by atoms with Crippen LogP contribution in [0, 0.1) is 6.92 Å². The van der Waals surface area contributed by atoms with Crippen LogP contribution in [0.25, 0.3) is 6.08 Å². The number of hydrogen-bond donors (Lipinski definition) is 1. The Hall–Kier alpha value is -2.59. The molecule has 1 aliphatic heterocycles. The van der Waals surface area contributed by atoms with Crippen molar-refractivity contribution >= 4 is 34.6 Å². The number of aliphatic imine (C=N–C) groups is 1. The van der Waals surface area contributed by atoms with E-state index in [2.05, 4.69) is 16.4 Å².